The van der Waals surface area contributed by atoms with Gasteiger partial charge in [-0.2, -0.15) is 0 Å². The first-order valence-electron chi connectivity index (χ1n) is 9.26. The van der Waals surface area contributed by atoms with Gasteiger partial charge in [0.05, 0.1) is 12.7 Å². The number of rotatable bonds is 4. The maximum Gasteiger partial charge on any atom is 0.137 e. The van der Waals surface area contributed by atoms with E-state index in [4.69, 9.17) is 4.74 Å². The summed E-state index contributed by atoms with van der Waals surface area (Å²) < 4.78 is 5.50. The quantitative estimate of drug-likeness (QED) is 0.920. The molecule has 4 nitrogen and oxygen atoms in total. The zero-order valence-corrected chi connectivity index (χ0v) is 15.1. The van der Waals surface area contributed by atoms with Crippen LogP contribution in [0.25, 0.3) is 0 Å². The molecule has 0 aromatic heterocycles. The van der Waals surface area contributed by atoms with Crippen LogP contribution in [0.2, 0.25) is 0 Å². The van der Waals surface area contributed by atoms with Crippen LogP contribution in [0.15, 0.2) is 54.6 Å². The minimum atomic E-state index is -1.02. The second kappa shape index (κ2) is 6.86. The van der Waals surface area contributed by atoms with Crippen LogP contribution in [0.3, 0.4) is 0 Å². The zero-order chi connectivity index (χ0) is 18.1. The highest BCUT2D eigenvalue weighted by molar-refractivity contribution is 5.83. The van der Waals surface area contributed by atoms with E-state index in [9.17, 15) is 9.90 Å². The summed E-state index contributed by atoms with van der Waals surface area (Å²) in [6.07, 6.45) is 0.890. The maximum atomic E-state index is 12.6. The van der Waals surface area contributed by atoms with Crippen LogP contribution < -0.4 is 4.74 Å². The number of nitrogens with zero attached hydrogens (tertiary/aromatic N) is 1. The summed E-state index contributed by atoms with van der Waals surface area (Å²) in [4.78, 5) is 14.9. The Morgan fingerprint density at radius 2 is 1.85 bits per heavy atom. The molecule has 0 spiro atoms. The van der Waals surface area contributed by atoms with Gasteiger partial charge >= 0.3 is 0 Å². The molecule has 4 heteroatoms. The summed E-state index contributed by atoms with van der Waals surface area (Å²) in [5.74, 6) is 0.779. The minimum absolute atomic E-state index is 0.0937. The number of likely N-dealkylation sites (tertiary alicyclic amines) is 1. The first kappa shape index (κ1) is 17.3. The van der Waals surface area contributed by atoms with E-state index in [0.29, 0.717) is 18.6 Å². The van der Waals surface area contributed by atoms with Gasteiger partial charge in [-0.25, -0.2) is 0 Å². The van der Waals surface area contributed by atoms with Gasteiger partial charge in [-0.15, -0.1) is 0 Å². The summed E-state index contributed by atoms with van der Waals surface area (Å²) >= 11 is 0. The molecule has 3 unspecified atom stereocenters. The Morgan fingerprint density at radius 3 is 2.62 bits per heavy atom. The second-order valence-corrected chi connectivity index (χ2v) is 7.48. The molecule has 1 aliphatic carbocycles. The first-order chi connectivity index (χ1) is 12.6. The number of ketones is 1. The molecule has 3 atom stereocenters. The lowest BCUT2D eigenvalue weighted by atomic mass is 9.67. The van der Waals surface area contributed by atoms with Gasteiger partial charge in [0.25, 0.3) is 0 Å². The van der Waals surface area contributed by atoms with Crippen molar-refractivity contribution < 1.29 is 14.6 Å². The number of carbonyl (C=O) groups excluding carboxylic acids is 1. The smallest absolute Gasteiger partial charge is 0.137 e. The van der Waals surface area contributed by atoms with Crippen molar-refractivity contribution in [3.8, 4) is 5.75 Å². The van der Waals surface area contributed by atoms with Gasteiger partial charge < -0.3 is 9.84 Å². The Kier molecular flexibility index (Phi) is 4.55. The molecule has 0 radical (unpaired) electrons. The zero-order valence-electron chi connectivity index (χ0n) is 15.1. The molecule has 26 heavy (non-hydrogen) atoms. The molecule has 2 aromatic rings. The van der Waals surface area contributed by atoms with Crippen molar-refractivity contribution in [3.05, 3.63) is 65.7 Å². The fourth-order valence-corrected chi connectivity index (χ4v) is 4.69. The Morgan fingerprint density at radius 1 is 1.12 bits per heavy atom. The molecule has 0 bridgehead atoms. The van der Waals surface area contributed by atoms with Crippen LogP contribution in [-0.2, 0) is 16.9 Å². The van der Waals surface area contributed by atoms with Crippen molar-refractivity contribution in [3.63, 3.8) is 0 Å². The number of carbonyl (C=O) groups is 1. The number of aliphatic hydroxyl groups is 1. The SMILES string of the molecule is COc1ccccc1C1(O)CCC(=O)C2CN(Cc3ccccc3)CC21. The molecular formula is C22H25NO3. The van der Waals surface area contributed by atoms with Gasteiger partial charge in [0.2, 0.25) is 0 Å². The number of Topliss-reactive ketones (excluding diaryl/α,β-unsaturated/α-hetero) is 1. The average Bonchev–Trinajstić information content (AvgIpc) is 3.11. The van der Waals surface area contributed by atoms with E-state index in [1.807, 2.05) is 42.5 Å². The van der Waals surface area contributed by atoms with Crippen molar-refractivity contribution in [2.75, 3.05) is 20.2 Å². The van der Waals surface area contributed by atoms with E-state index < -0.39 is 5.60 Å². The van der Waals surface area contributed by atoms with Crippen LogP contribution in [0, 0.1) is 11.8 Å². The monoisotopic (exact) mass is 351 g/mol. The second-order valence-electron chi connectivity index (χ2n) is 7.48. The van der Waals surface area contributed by atoms with Gasteiger partial charge in [-0.05, 0) is 18.1 Å². The van der Waals surface area contributed by atoms with Crippen LogP contribution in [-0.4, -0.2) is 36.0 Å². The summed E-state index contributed by atoms with van der Waals surface area (Å²) in [6, 6.07) is 18.0. The molecule has 1 saturated carbocycles. The number of benzene rings is 2. The van der Waals surface area contributed by atoms with Crippen molar-refractivity contribution in [2.24, 2.45) is 11.8 Å². The topological polar surface area (TPSA) is 49.8 Å². The summed E-state index contributed by atoms with van der Waals surface area (Å²) in [5, 5.41) is 11.7. The van der Waals surface area contributed by atoms with Crippen LogP contribution in [0.5, 0.6) is 5.75 Å². The van der Waals surface area contributed by atoms with E-state index in [0.717, 1.165) is 25.2 Å². The highest BCUT2D eigenvalue weighted by Gasteiger charge is 2.53. The number of ether oxygens (including phenoxy) is 1. The number of fused-ring (bicyclic) bond motifs is 1. The molecule has 4 rings (SSSR count). The molecule has 1 N–H and O–H groups in total. The van der Waals surface area contributed by atoms with Crippen molar-refractivity contribution >= 4 is 5.78 Å². The minimum Gasteiger partial charge on any atom is -0.496 e. The van der Waals surface area contributed by atoms with E-state index in [-0.39, 0.29) is 17.6 Å². The van der Waals surface area contributed by atoms with Gasteiger partial charge in [-0.1, -0.05) is 48.5 Å². The Bertz CT molecular complexity index is 791. The third kappa shape index (κ3) is 2.93. The van der Waals surface area contributed by atoms with E-state index >= 15 is 0 Å². The molecule has 1 saturated heterocycles. The molecular weight excluding hydrogens is 326 g/mol. The Hall–Kier alpha value is -2.17. The number of hydrogen-bond donors (Lipinski definition) is 1. The fourth-order valence-electron chi connectivity index (χ4n) is 4.69. The van der Waals surface area contributed by atoms with E-state index in [1.54, 1.807) is 7.11 Å². The first-order valence-corrected chi connectivity index (χ1v) is 9.26. The van der Waals surface area contributed by atoms with Gasteiger partial charge in [0, 0.05) is 43.5 Å². The van der Waals surface area contributed by atoms with Gasteiger partial charge in [0.1, 0.15) is 11.5 Å². The third-order valence-corrected chi connectivity index (χ3v) is 6.00. The lowest BCUT2D eigenvalue weighted by molar-refractivity contribution is -0.137. The molecule has 1 aliphatic heterocycles. The highest BCUT2D eigenvalue weighted by atomic mass is 16.5. The van der Waals surface area contributed by atoms with Crippen LogP contribution in [0.4, 0.5) is 0 Å². The number of hydrogen-bond acceptors (Lipinski definition) is 4. The largest absolute Gasteiger partial charge is 0.496 e. The number of para-hydroxylation sites is 1. The van der Waals surface area contributed by atoms with Crippen molar-refractivity contribution in [1.82, 2.24) is 4.90 Å². The molecule has 2 aliphatic rings. The normalized spacial score (nSPS) is 28.8. The predicted molar refractivity (Wildman–Crippen MR) is 99.8 cm³/mol. The molecule has 0 amide bonds. The van der Waals surface area contributed by atoms with Crippen molar-refractivity contribution in [1.29, 1.82) is 0 Å². The molecule has 1 heterocycles. The predicted octanol–water partition coefficient (Wildman–Crippen LogP) is 2.99. The Labute approximate surface area is 154 Å². The standard InChI is InChI=1S/C22H25NO3/c1-26-21-10-6-5-9-18(21)22(25)12-11-20(24)17-14-23(15-19(17)22)13-16-7-3-2-4-8-16/h2-10,17,19,25H,11-15H2,1H3. The van der Waals surface area contributed by atoms with Crippen molar-refractivity contribution in [2.45, 2.75) is 25.0 Å². The highest BCUT2D eigenvalue weighted by Crippen LogP contribution is 2.49. The summed E-state index contributed by atoms with van der Waals surface area (Å²) in [7, 11) is 1.63. The summed E-state index contributed by atoms with van der Waals surface area (Å²) in [5.41, 5.74) is 1.03. The van der Waals surface area contributed by atoms with Gasteiger partial charge in [-0.3, -0.25) is 9.69 Å². The lowest BCUT2D eigenvalue weighted by Gasteiger charge is -2.41. The summed E-state index contributed by atoms with van der Waals surface area (Å²) in [6.45, 7) is 2.25. The number of methoxy groups -OCH3 is 1. The fraction of sp³-hybridized carbons (Fsp3) is 0.409. The average molecular weight is 351 g/mol. The molecule has 136 valence electrons. The lowest BCUT2D eigenvalue weighted by Crippen LogP contribution is -2.46. The molecule has 2 aromatic carbocycles. The van der Waals surface area contributed by atoms with E-state index in [1.165, 1.54) is 5.56 Å². The Balaban J connectivity index is 1.63. The van der Waals surface area contributed by atoms with Gasteiger partial charge in [0.15, 0.2) is 0 Å². The third-order valence-electron chi connectivity index (χ3n) is 6.00. The maximum absolute atomic E-state index is 12.6. The molecule has 2 fully saturated rings. The van der Waals surface area contributed by atoms with E-state index in [2.05, 4.69) is 17.0 Å². The van der Waals surface area contributed by atoms with Crippen LogP contribution in [0.1, 0.15) is 24.0 Å². The van der Waals surface area contributed by atoms with Crippen LogP contribution >= 0.6 is 0 Å².